The largest absolute Gasteiger partial charge is 0.377 e. The number of nitrogens with one attached hydrogen (secondary N) is 1. The highest BCUT2D eigenvalue weighted by Gasteiger charge is 2.17. The molecule has 112 valence electrons. The number of ether oxygens (including phenoxy) is 1. The van der Waals surface area contributed by atoms with Gasteiger partial charge in [0.05, 0.1) is 16.8 Å². The van der Waals surface area contributed by atoms with Gasteiger partial charge in [-0.1, -0.05) is 18.5 Å². The number of rotatable bonds is 5. The topological polar surface area (TPSA) is 37.4 Å². The van der Waals surface area contributed by atoms with Gasteiger partial charge in [0.1, 0.15) is 5.82 Å². The van der Waals surface area contributed by atoms with Crippen LogP contribution < -0.4 is 10.2 Å². The van der Waals surface area contributed by atoms with E-state index in [-0.39, 0.29) is 6.10 Å². The van der Waals surface area contributed by atoms with Crippen LogP contribution in [-0.2, 0) is 11.3 Å². The molecule has 0 radical (unpaired) electrons. The number of halogens is 1. The van der Waals surface area contributed by atoms with Crippen molar-refractivity contribution in [2.24, 2.45) is 0 Å². The van der Waals surface area contributed by atoms with Gasteiger partial charge in [-0.3, -0.25) is 0 Å². The van der Waals surface area contributed by atoms with Gasteiger partial charge in [-0.05, 0) is 38.4 Å². The first-order valence-corrected chi connectivity index (χ1v) is 7.81. The Morgan fingerprint density at radius 3 is 3.15 bits per heavy atom. The molecule has 1 fully saturated rings. The fourth-order valence-electron chi connectivity index (χ4n) is 2.36. The lowest BCUT2D eigenvalue weighted by Crippen LogP contribution is -2.31. The van der Waals surface area contributed by atoms with E-state index in [9.17, 15) is 0 Å². The van der Waals surface area contributed by atoms with Crippen LogP contribution in [0.1, 0.15) is 32.4 Å². The van der Waals surface area contributed by atoms with Crippen molar-refractivity contribution in [3.8, 4) is 0 Å². The number of anilines is 1. The van der Waals surface area contributed by atoms with E-state index in [0.29, 0.717) is 0 Å². The van der Waals surface area contributed by atoms with E-state index in [1.807, 2.05) is 12.1 Å². The van der Waals surface area contributed by atoms with E-state index in [0.717, 1.165) is 62.2 Å². The molecule has 5 heteroatoms. The second kappa shape index (κ2) is 7.81. The normalized spacial score (nSPS) is 19.9. The molecule has 1 N–H and O–H groups in total. The highest BCUT2D eigenvalue weighted by molar-refractivity contribution is 6.31. The summed E-state index contributed by atoms with van der Waals surface area (Å²) in [6.45, 7) is 8.67. The minimum absolute atomic E-state index is 0.247. The molecule has 1 unspecified atom stereocenters. The Morgan fingerprint density at radius 1 is 1.50 bits per heavy atom. The summed E-state index contributed by atoms with van der Waals surface area (Å²) in [5, 5.41) is 4.09. The zero-order chi connectivity index (χ0) is 14.4. The molecule has 4 nitrogen and oxygen atoms in total. The number of hydrogen-bond acceptors (Lipinski definition) is 4. The molecule has 1 saturated heterocycles. The molecular formula is C15H24ClN3O. The maximum Gasteiger partial charge on any atom is 0.129 e. The second-order valence-electron chi connectivity index (χ2n) is 5.26. The zero-order valence-electron chi connectivity index (χ0n) is 12.4. The number of aromatic nitrogens is 1. The Kier molecular flexibility index (Phi) is 6.07. The van der Waals surface area contributed by atoms with Gasteiger partial charge in [0.25, 0.3) is 0 Å². The first-order valence-electron chi connectivity index (χ1n) is 7.43. The Hall–Kier alpha value is -0.840. The molecule has 0 aromatic carbocycles. The standard InChI is InChI=1S/C15H24ClN3O/c1-3-7-17-10-14-13(16)5-6-15(18-14)19-8-4-9-20-12(2)11-19/h5-6,12,17H,3-4,7-11H2,1-2H3. The SMILES string of the molecule is CCCNCc1nc(N2CCCOC(C)C2)ccc1Cl. The van der Waals surface area contributed by atoms with Gasteiger partial charge in [-0.25, -0.2) is 4.98 Å². The van der Waals surface area contributed by atoms with Crippen LogP contribution in [0.25, 0.3) is 0 Å². The summed E-state index contributed by atoms with van der Waals surface area (Å²) in [7, 11) is 0. The zero-order valence-corrected chi connectivity index (χ0v) is 13.1. The summed E-state index contributed by atoms with van der Waals surface area (Å²) >= 11 is 6.23. The molecule has 1 atom stereocenters. The molecule has 0 amide bonds. The highest BCUT2D eigenvalue weighted by atomic mass is 35.5. The first kappa shape index (κ1) is 15.5. The number of hydrogen-bond donors (Lipinski definition) is 1. The van der Waals surface area contributed by atoms with E-state index in [1.54, 1.807) is 0 Å². The van der Waals surface area contributed by atoms with Gasteiger partial charge >= 0.3 is 0 Å². The van der Waals surface area contributed by atoms with Crippen LogP contribution in [0.4, 0.5) is 5.82 Å². The molecule has 0 bridgehead atoms. The van der Waals surface area contributed by atoms with Crippen molar-refractivity contribution in [1.29, 1.82) is 0 Å². The molecule has 20 heavy (non-hydrogen) atoms. The fraction of sp³-hybridized carbons (Fsp3) is 0.667. The lowest BCUT2D eigenvalue weighted by Gasteiger charge is -2.24. The minimum Gasteiger partial charge on any atom is -0.377 e. The minimum atomic E-state index is 0.247. The predicted octanol–water partition coefficient (Wildman–Crippen LogP) is 2.85. The van der Waals surface area contributed by atoms with Crippen LogP contribution in [0.2, 0.25) is 5.02 Å². The summed E-state index contributed by atoms with van der Waals surface area (Å²) in [5.41, 5.74) is 0.926. The smallest absolute Gasteiger partial charge is 0.129 e. The third-order valence-corrected chi connectivity index (χ3v) is 3.74. The van der Waals surface area contributed by atoms with Crippen molar-refractivity contribution >= 4 is 17.4 Å². The van der Waals surface area contributed by atoms with Crippen molar-refractivity contribution in [3.05, 3.63) is 22.8 Å². The van der Waals surface area contributed by atoms with Crippen molar-refractivity contribution in [1.82, 2.24) is 10.3 Å². The molecule has 1 aromatic rings. The number of nitrogens with zero attached hydrogens (tertiary/aromatic N) is 2. The van der Waals surface area contributed by atoms with Crippen molar-refractivity contribution < 1.29 is 4.74 Å². The van der Waals surface area contributed by atoms with Crippen LogP contribution in [0, 0.1) is 0 Å². The Balaban J connectivity index is 2.08. The maximum absolute atomic E-state index is 6.23. The highest BCUT2D eigenvalue weighted by Crippen LogP contribution is 2.21. The van der Waals surface area contributed by atoms with Crippen LogP contribution in [0.5, 0.6) is 0 Å². The predicted molar refractivity (Wildman–Crippen MR) is 83.5 cm³/mol. The molecule has 0 aliphatic carbocycles. The molecule has 1 aliphatic heterocycles. The molecule has 0 saturated carbocycles. The third kappa shape index (κ3) is 4.33. The average Bonchev–Trinajstić information content (AvgIpc) is 2.66. The Bertz CT molecular complexity index is 428. The van der Waals surface area contributed by atoms with Gasteiger partial charge in [-0.2, -0.15) is 0 Å². The quantitative estimate of drug-likeness (QED) is 0.848. The summed E-state index contributed by atoms with van der Waals surface area (Å²) in [4.78, 5) is 7.01. The monoisotopic (exact) mass is 297 g/mol. The lowest BCUT2D eigenvalue weighted by atomic mass is 10.3. The van der Waals surface area contributed by atoms with Crippen LogP contribution in [-0.4, -0.2) is 37.3 Å². The van der Waals surface area contributed by atoms with Gasteiger partial charge in [0, 0.05) is 26.2 Å². The van der Waals surface area contributed by atoms with Crippen molar-refractivity contribution in [2.45, 2.75) is 39.3 Å². The van der Waals surface area contributed by atoms with E-state index in [1.165, 1.54) is 0 Å². The summed E-state index contributed by atoms with van der Waals surface area (Å²) in [6, 6.07) is 3.95. The lowest BCUT2D eigenvalue weighted by molar-refractivity contribution is 0.0820. The van der Waals surface area contributed by atoms with E-state index in [2.05, 4.69) is 24.1 Å². The third-order valence-electron chi connectivity index (χ3n) is 3.40. The van der Waals surface area contributed by atoms with Crippen LogP contribution in [0.15, 0.2) is 12.1 Å². The molecule has 0 spiro atoms. The summed E-state index contributed by atoms with van der Waals surface area (Å²) in [5.74, 6) is 1.00. The maximum atomic E-state index is 6.23. The molecule has 2 rings (SSSR count). The van der Waals surface area contributed by atoms with E-state index < -0.39 is 0 Å². The van der Waals surface area contributed by atoms with Crippen LogP contribution in [0.3, 0.4) is 0 Å². The van der Waals surface area contributed by atoms with E-state index in [4.69, 9.17) is 21.3 Å². The Morgan fingerprint density at radius 2 is 2.35 bits per heavy atom. The van der Waals surface area contributed by atoms with Gasteiger partial charge in [0.15, 0.2) is 0 Å². The number of pyridine rings is 1. The van der Waals surface area contributed by atoms with Crippen molar-refractivity contribution in [2.75, 3.05) is 31.1 Å². The molecular weight excluding hydrogens is 274 g/mol. The van der Waals surface area contributed by atoms with Gasteiger partial charge < -0.3 is 15.0 Å². The van der Waals surface area contributed by atoms with E-state index >= 15 is 0 Å². The fourth-order valence-corrected chi connectivity index (χ4v) is 2.53. The summed E-state index contributed by atoms with van der Waals surface area (Å²) in [6.07, 6.45) is 2.40. The molecule has 2 heterocycles. The average molecular weight is 298 g/mol. The second-order valence-corrected chi connectivity index (χ2v) is 5.66. The van der Waals surface area contributed by atoms with Gasteiger partial charge in [0.2, 0.25) is 0 Å². The van der Waals surface area contributed by atoms with Crippen molar-refractivity contribution in [3.63, 3.8) is 0 Å². The Labute approximate surface area is 126 Å². The summed E-state index contributed by atoms with van der Waals surface area (Å²) < 4.78 is 5.68. The molecule has 1 aromatic heterocycles. The van der Waals surface area contributed by atoms with Crippen LogP contribution >= 0.6 is 11.6 Å². The molecule has 1 aliphatic rings. The first-order chi connectivity index (χ1) is 9.70. The van der Waals surface area contributed by atoms with Gasteiger partial charge in [-0.15, -0.1) is 0 Å².